The van der Waals surface area contributed by atoms with Gasteiger partial charge in [0.2, 0.25) is 0 Å². The average Bonchev–Trinajstić information content (AvgIpc) is 2.99. The van der Waals surface area contributed by atoms with Gasteiger partial charge in [-0.25, -0.2) is 0 Å². The summed E-state index contributed by atoms with van der Waals surface area (Å²) < 4.78 is 5.08. The van der Waals surface area contributed by atoms with Gasteiger partial charge in [-0.15, -0.1) is 0 Å². The van der Waals surface area contributed by atoms with E-state index in [1.54, 1.807) is 0 Å². The van der Waals surface area contributed by atoms with Crippen molar-refractivity contribution in [1.29, 1.82) is 0 Å². The number of carbonyl (C=O) groups excluding carboxylic acids is 1. The van der Waals surface area contributed by atoms with E-state index in [4.69, 9.17) is 10.5 Å². The van der Waals surface area contributed by atoms with Gasteiger partial charge < -0.3 is 15.4 Å². The molecule has 0 aliphatic heterocycles. The maximum atomic E-state index is 12.0. The molecule has 4 nitrogen and oxygen atoms in total. The topological polar surface area (TPSA) is 55.6 Å². The Balaban J connectivity index is 2.56. The van der Waals surface area contributed by atoms with Crippen LogP contribution in [0, 0.1) is 5.92 Å². The van der Waals surface area contributed by atoms with Crippen LogP contribution in [-0.4, -0.2) is 43.2 Å². The van der Waals surface area contributed by atoms with Crippen molar-refractivity contribution in [3.8, 4) is 0 Å². The predicted molar refractivity (Wildman–Crippen MR) is 59.4 cm³/mol. The van der Waals surface area contributed by atoms with Crippen molar-refractivity contribution in [1.82, 2.24) is 4.90 Å². The Hall–Kier alpha value is -0.610. The molecule has 15 heavy (non-hydrogen) atoms. The Labute approximate surface area is 91.8 Å². The summed E-state index contributed by atoms with van der Waals surface area (Å²) in [5.41, 5.74) is 5.50. The van der Waals surface area contributed by atoms with E-state index in [1.807, 2.05) is 18.7 Å². The van der Waals surface area contributed by atoms with Crippen molar-refractivity contribution in [3.63, 3.8) is 0 Å². The Kier molecular flexibility index (Phi) is 4.54. The van der Waals surface area contributed by atoms with Crippen LogP contribution in [0.5, 0.6) is 0 Å². The molecule has 1 aliphatic carbocycles. The van der Waals surface area contributed by atoms with Crippen molar-refractivity contribution in [2.45, 2.75) is 38.8 Å². The van der Waals surface area contributed by atoms with Gasteiger partial charge in [0.1, 0.15) is 6.10 Å². The van der Waals surface area contributed by atoms with Crippen molar-refractivity contribution in [2.75, 3.05) is 20.2 Å². The lowest BCUT2D eigenvalue weighted by atomic mass is 10.2. The number of rotatable bonds is 6. The highest BCUT2D eigenvalue weighted by Gasteiger charge is 2.31. The molecule has 1 rings (SSSR count). The molecular weight excluding hydrogens is 192 g/mol. The highest BCUT2D eigenvalue weighted by molar-refractivity contribution is 5.81. The quantitative estimate of drug-likeness (QED) is 0.704. The fourth-order valence-corrected chi connectivity index (χ4v) is 1.62. The van der Waals surface area contributed by atoms with E-state index in [0.717, 1.165) is 6.54 Å². The maximum absolute atomic E-state index is 12.0. The van der Waals surface area contributed by atoms with Crippen LogP contribution in [0.4, 0.5) is 0 Å². The first-order chi connectivity index (χ1) is 7.10. The second-order valence-corrected chi connectivity index (χ2v) is 4.49. The zero-order chi connectivity index (χ0) is 11.4. The van der Waals surface area contributed by atoms with Gasteiger partial charge in [0.15, 0.2) is 0 Å². The van der Waals surface area contributed by atoms with Crippen molar-refractivity contribution < 1.29 is 9.53 Å². The minimum Gasteiger partial charge on any atom is -0.370 e. The van der Waals surface area contributed by atoms with Crippen LogP contribution in [0.3, 0.4) is 0 Å². The lowest BCUT2D eigenvalue weighted by molar-refractivity contribution is -0.143. The summed E-state index contributed by atoms with van der Waals surface area (Å²) in [6.45, 7) is 5.17. The molecule has 2 N–H and O–H groups in total. The summed E-state index contributed by atoms with van der Waals surface area (Å²) in [5, 5.41) is 0. The van der Waals surface area contributed by atoms with Crippen LogP contribution >= 0.6 is 0 Å². The number of ether oxygens (including phenoxy) is 1. The molecule has 0 spiro atoms. The molecule has 0 heterocycles. The number of hydrogen-bond donors (Lipinski definition) is 1. The first-order valence-corrected chi connectivity index (χ1v) is 5.63. The van der Waals surface area contributed by atoms with Gasteiger partial charge in [-0.1, -0.05) is 0 Å². The lowest BCUT2D eigenvalue weighted by Crippen LogP contribution is -2.47. The number of nitrogens with zero attached hydrogens (tertiary/aromatic N) is 1. The van der Waals surface area contributed by atoms with Crippen molar-refractivity contribution in [3.05, 3.63) is 0 Å². The molecule has 1 unspecified atom stereocenters. The van der Waals surface area contributed by atoms with E-state index >= 15 is 0 Å². The van der Waals surface area contributed by atoms with Crippen LogP contribution in [0.15, 0.2) is 0 Å². The SMILES string of the molecule is COC(CN)C(=O)N(CC1CC1)C(C)C. The third kappa shape index (κ3) is 3.47. The van der Waals surface area contributed by atoms with Crippen molar-refractivity contribution >= 4 is 5.91 Å². The summed E-state index contributed by atoms with van der Waals surface area (Å²) in [6, 6.07) is 0.224. The monoisotopic (exact) mass is 214 g/mol. The molecule has 1 fully saturated rings. The zero-order valence-corrected chi connectivity index (χ0v) is 9.90. The van der Waals surface area contributed by atoms with Crippen LogP contribution in [-0.2, 0) is 9.53 Å². The summed E-state index contributed by atoms with van der Waals surface area (Å²) in [6.07, 6.45) is 2.01. The molecule has 0 aromatic heterocycles. The van der Waals surface area contributed by atoms with Gasteiger partial charge in [0.25, 0.3) is 5.91 Å². The zero-order valence-electron chi connectivity index (χ0n) is 9.90. The number of amides is 1. The highest BCUT2D eigenvalue weighted by Crippen LogP contribution is 2.30. The van der Waals surface area contributed by atoms with Gasteiger partial charge in [-0.3, -0.25) is 4.79 Å². The fraction of sp³-hybridized carbons (Fsp3) is 0.909. The Bertz CT molecular complexity index is 211. The van der Waals surface area contributed by atoms with E-state index < -0.39 is 6.10 Å². The van der Waals surface area contributed by atoms with Gasteiger partial charge in [0.05, 0.1) is 0 Å². The smallest absolute Gasteiger partial charge is 0.253 e. The lowest BCUT2D eigenvalue weighted by Gasteiger charge is -2.29. The molecule has 0 aromatic rings. The minimum absolute atomic E-state index is 0.0295. The normalized spacial score (nSPS) is 17.9. The number of nitrogens with two attached hydrogens (primary N) is 1. The fourth-order valence-electron chi connectivity index (χ4n) is 1.62. The minimum atomic E-state index is -0.480. The highest BCUT2D eigenvalue weighted by atomic mass is 16.5. The Morgan fingerprint density at radius 3 is 2.47 bits per heavy atom. The van der Waals surface area contributed by atoms with E-state index in [0.29, 0.717) is 5.92 Å². The van der Waals surface area contributed by atoms with E-state index in [2.05, 4.69) is 0 Å². The van der Waals surface area contributed by atoms with Crippen LogP contribution in [0.1, 0.15) is 26.7 Å². The van der Waals surface area contributed by atoms with Crippen molar-refractivity contribution in [2.24, 2.45) is 11.7 Å². The molecule has 1 amide bonds. The van der Waals surface area contributed by atoms with E-state index in [9.17, 15) is 4.79 Å². The summed E-state index contributed by atoms with van der Waals surface area (Å²) in [4.78, 5) is 13.9. The molecule has 1 saturated carbocycles. The van der Waals surface area contributed by atoms with Crippen LogP contribution in [0.25, 0.3) is 0 Å². The standard InChI is InChI=1S/C11H22N2O2/c1-8(2)13(7-9-4-5-9)11(14)10(6-12)15-3/h8-10H,4-7,12H2,1-3H3. The molecular formula is C11H22N2O2. The summed E-state index contributed by atoms with van der Waals surface area (Å²) in [5.74, 6) is 0.730. The Morgan fingerprint density at radius 1 is 1.53 bits per heavy atom. The van der Waals surface area contributed by atoms with Gasteiger partial charge in [0, 0.05) is 26.2 Å². The van der Waals surface area contributed by atoms with Gasteiger partial charge in [-0.05, 0) is 32.6 Å². The van der Waals surface area contributed by atoms with E-state index in [-0.39, 0.29) is 18.5 Å². The maximum Gasteiger partial charge on any atom is 0.253 e. The number of methoxy groups -OCH3 is 1. The first kappa shape index (κ1) is 12.5. The molecule has 4 heteroatoms. The first-order valence-electron chi connectivity index (χ1n) is 5.63. The summed E-state index contributed by atoms with van der Waals surface area (Å²) >= 11 is 0. The molecule has 0 bridgehead atoms. The molecule has 1 atom stereocenters. The second kappa shape index (κ2) is 5.47. The number of hydrogen-bond acceptors (Lipinski definition) is 3. The molecule has 1 aliphatic rings. The largest absolute Gasteiger partial charge is 0.370 e. The van der Waals surface area contributed by atoms with Gasteiger partial charge >= 0.3 is 0 Å². The third-order valence-corrected chi connectivity index (χ3v) is 2.83. The molecule has 0 radical (unpaired) electrons. The van der Waals surface area contributed by atoms with Crippen LogP contribution < -0.4 is 5.73 Å². The van der Waals surface area contributed by atoms with Gasteiger partial charge in [-0.2, -0.15) is 0 Å². The van der Waals surface area contributed by atoms with Crippen LogP contribution in [0.2, 0.25) is 0 Å². The average molecular weight is 214 g/mol. The Morgan fingerprint density at radius 2 is 2.13 bits per heavy atom. The number of carbonyl (C=O) groups is 1. The predicted octanol–water partition coefficient (Wildman–Crippen LogP) is 0.607. The second-order valence-electron chi connectivity index (χ2n) is 4.49. The third-order valence-electron chi connectivity index (χ3n) is 2.83. The van der Waals surface area contributed by atoms with E-state index in [1.165, 1.54) is 20.0 Å². The molecule has 0 saturated heterocycles. The summed E-state index contributed by atoms with van der Waals surface area (Å²) in [7, 11) is 1.53. The molecule has 0 aromatic carbocycles. The molecule has 88 valence electrons.